The second kappa shape index (κ2) is 11.1. The number of carbonyl (C=O) groups excluding carboxylic acids is 2. The van der Waals surface area contributed by atoms with Gasteiger partial charge >= 0.3 is 6.09 Å². The first-order valence-corrected chi connectivity index (χ1v) is 9.77. The van der Waals surface area contributed by atoms with Crippen molar-refractivity contribution < 1.29 is 29.4 Å². The minimum atomic E-state index is -0.865. The summed E-state index contributed by atoms with van der Waals surface area (Å²) in [6, 6.07) is 14.3. The summed E-state index contributed by atoms with van der Waals surface area (Å²) in [4.78, 5) is 24.2. The molecule has 0 aliphatic heterocycles. The lowest BCUT2D eigenvalue weighted by molar-refractivity contribution is -0.124. The van der Waals surface area contributed by atoms with E-state index in [4.69, 9.17) is 19.8 Å². The molecule has 2 rings (SSSR count). The fourth-order valence-corrected chi connectivity index (χ4v) is 2.91. The molecule has 1 atom stereocenters. The minimum absolute atomic E-state index is 0.0719. The number of ether oxygens (including phenoxy) is 2. The van der Waals surface area contributed by atoms with Crippen molar-refractivity contribution >= 4 is 17.7 Å². The highest BCUT2D eigenvalue weighted by Gasteiger charge is 2.34. The highest BCUT2D eigenvalue weighted by atomic mass is 16.6. The molecule has 2 aromatic rings. The first-order chi connectivity index (χ1) is 14.8. The Morgan fingerprint density at radius 2 is 1.81 bits per heavy atom. The van der Waals surface area contributed by atoms with Gasteiger partial charge in [-0.1, -0.05) is 55.8 Å². The molecule has 0 unspecified atom stereocenters. The summed E-state index contributed by atoms with van der Waals surface area (Å²) >= 11 is 0. The molecule has 0 bridgehead atoms. The zero-order chi connectivity index (χ0) is 22.9. The molecule has 0 saturated heterocycles. The molecule has 0 aromatic heterocycles. The number of para-hydroxylation sites is 1. The van der Waals surface area contributed by atoms with Gasteiger partial charge in [-0.15, -0.1) is 0 Å². The lowest BCUT2D eigenvalue weighted by Crippen LogP contribution is -2.28. The van der Waals surface area contributed by atoms with Gasteiger partial charge in [0.05, 0.1) is 6.61 Å². The molecule has 4 N–H and O–H groups in total. The number of rotatable bonds is 9. The van der Waals surface area contributed by atoms with E-state index in [-0.39, 0.29) is 13.2 Å². The van der Waals surface area contributed by atoms with Crippen molar-refractivity contribution in [2.24, 2.45) is 5.41 Å². The summed E-state index contributed by atoms with van der Waals surface area (Å²) in [5.41, 5.74) is 2.87. The van der Waals surface area contributed by atoms with Crippen LogP contribution in [0.25, 0.3) is 0 Å². The van der Waals surface area contributed by atoms with Crippen LogP contribution in [0.3, 0.4) is 0 Å². The Labute approximate surface area is 181 Å². The van der Waals surface area contributed by atoms with Crippen LogP contribution in [0.1, 0.15) is 31.1 Å². The third kappa shape index (κ3) is 7.13. The molecule has 31 heavy (non-hydrogen) atoms. The normalized spacial score (nSPS) is 12.3. The van der Waals surface area contributed by atoms with Crippen LogP contribution >= 0.6 is 0 Å². The van der Waals surface area contributed by atoms with Crippen LogP contribution in [0.5, 0.6) is 5.75 Å². The van der Waals surface area contributed by atoms with Crippen molar-refractivity contribution in [3.63, 3.8) is 0 Å². The number of hydrogen-bond donors (Lipinski definition) is 4. The maximum absolute atomic E-state index is 12.7. The summed E-state index contributed by atoms with van der Waals surface area (Å²) in [6.45, 7) is 5.40. The highest BCUT2D eigenvalue weighted by molar-refractivity contribution is 5.86. The van der Waals surface area contributed by atoms with E-state index >= 15 is 0 Å². The van der Waals surface area contributed by atoms with Crippen LogP contribution in [0.2, 0.25) is 0 Å². The number of nitrogens with one attached hydrogen (secondary N) is 2. The number of hydrogen-bond acceptors (Lipinski definition) is 6. The van der Waals surface area contributed by atoms with Gasteiger partial charge in [-0.2, -0.15) is 0 Å². The fraction of sp³-hybridized carbons (Fsp3) is 0.304. The fourth-order valence-electron chi connectivity index (χ4n) is 2.91. The van der Waals surface area contributed by atoms with Crippen molar-refractivity contribution in [1.82, 2.24) is 5.48 Å². The predicted molar refractivity (Wildman–Crippen MR) is 116 cm³/mol. The summed E-state index contributed by atoms with van der Waals surface area (Å²) in [7, 11) is 0. The molecule has 0 heterocycles. The molecular formula is C23H28N2O6. The highest BCUT2D eigenvalue weighted by Crippen LogP contribution is 2.42. The number of anilines is 1. The smallest absolute Gasteiger partial charge is 0.412 e. The van der Waals surface area contributed by atoms with Crippen molar-refractivity contribution in [2.45, 2.75) is 26.9 Å². The van der Waals surface area contributed by atoms with Crippen LogP contribution in [-0.4, -0.2) is 35.5 Å². The van der Waals surface area contributed by atoms with Crippen LogP contribution in [0.4, 0.5) is 10.5 Å². The van der Waals surface area contributed by atoms with E-state index in [1.54, 1.807) is 50.2 Å². The molecule has 2 aromatic carbocycles. The first kappa shape index (κ1) is 23.9. The van der Waals surface area contributed by atoms with Crippen molar-refractivity contribution in [2.75, 3.05) is 18.5 Å². The van der Waals surface area contributed by atoms with Gasteiger partial charge in [-0.3, -0.25) is 15.3 Å². The maximum atomic E-state index is 12.7. The first-order valence-electron chi connectivity index (χ1n) is 9.77. The van der Waals surface area contributed by atoms with Gasteiger partial charge in [0.15, 0.2) is 0 Å². The van der Waals surface area contributed by atoms with E-state index in [9.17, 15) is 9.59 Å². The Morgan fingerprint density at radius 1 is 1.13 bits per heavy atom. The topological polar surface area (TPSA) is 117 Å². The van der Waals surface area contributed by atoms with Crippen LogP contribution < -0.4 is 15.5 Å². The molecule has 0 aliphatic carbocycles. The molecule has 0 spiro atoms. The van der Waals surface area contributed by atoms with Crippen molar-refractivity contribution in [3.05, 3.63) is 71.8 Å². The number of hydroxylamine groups is 1. The van der Waals surface area contributed by atoms with Gasteiger partial charge in [-0.05, 0) is 25.1 Å². The zero-order valence-corrected chi connectivity index (χ0v) is 17.8. The number of aliphatic hydroxyl groups excluding tert-OH is 1. The van der Waals surface area contributed by atoms with Gasteiger partial charge < -0.3 is 14.6 Å². The molecular weight excluding hydrogens is 400 g/mol. The molecule has 2 amide bonds. The number of aliphatic hydroxyl groups is 1. The Bertz CT molecular complexity index is 909. The molecule has 8 nitrogen and oxygen atoms in total. The predicted octanol–water partition coefficient (Wildman–Crippen LogP) is 3.74. The Hall–Kier alpha value is -3.36. The SMILES string of the molecule is Cc1ccc(NC(=O)O[C@@H](c2ccccc2OCCO)C(C)(C)/C=C/C(=O)NO)cc1. The van der Waals surface area contributed by atoms with E-state index in [0.717, 1.165) is 11.6 Å². The number of aryl methyl sites for hydroxylation is 1. The summed E-state index contributed by atoms with van der Waals surface area (Å²) in [6.07, 6.45) is 1.16. The standard InChI is InChI=1S/C23H28N2O6/c1-16-8-10-17(11-9-16)24-22(28)31-21(23(2,3)13-12-20(27)25-29)18-6-4-5-7-19(18)30-15-14-26/h4-13,21,26,29H,14-15H2,1-3H3,(H,24,28)(H,25,27)/b13-12+/t21-/m0/s1. The Morgan fingerprint density at radius 3 is 2.45 bits per heavy atom. The van der Waals surface area contributed by atoms with Gasteiger partial charge in [0.1, 0.15) is 18.5 Å². The summed E-state index contributed by atoms with van der Waals surface area (Å²) in [5.74, 6) is -0.265. The number of carbonyl (C=O) groups is 2. The molecule has 8 heteroatoms. The summed E-state index contributed by atoms with van der Waals surface area (Å²) < 4.78 is 11.4. The van der Waals surface area contributed by atoms with E-state index < -0.39 is 23.5 Å². The average molecular weight is 428 g/mol. The monoisotopic (exact) mass is 428 g/mol. The second-order valence-electron chi connectivity index (χ2n) is 7.52. The molecule has 0 saturated carbocycles. The molecule has 166 valence electrons. The lowest BCUT2D eigenvalue weighted by Gasteiger charge is -2.32. The third-order valence-electron chi connectivity index (χ3n) is 4.52. The van der Waals surface area contributed by atoms with Crippen LogP contribution in [-0.2, 0) is 9.53 Å². The lowest BCUT2D eigenvalue weighted by atomic mass is 9.81. The number of amides is 2. The Kier molecular flexibility index (Phi) is 8.60. The van der Waals surface area contributed by atoms with Crippen molar-refractivity contribution in [1.29, 1.82) is 0 Å². The third-order valence-corrected chi connectivity index (χ3v) is 4.52. The zero-order valence-electron chi connectivity index (χ0n) is 17.8. The van der Waals surface area contributed by atoms with E-state index in [2.05, 4.69) is 5.32 Å². The Balaban J connectivity index is 2.36. The van der Waals surface area contributed by atoms with Crippen molar-refractivity contribution in [3.8, 4) is 5.75 Å². The second-order valence-corrected chi connectivity index (χ2v) is 7.52. The average Bonchev–Trinajstić information content (AvgIpc) is 2.76. The number of benzene rings is 2. The largest absolute Gasteiger partial charge is 0.491 e. The maximum Gasteiger partial charge on any atom is 0.412 e. The van der Waals surface area contributed by atoms with Gasteiger partial charge in [-0.25, -0.2) is 10.3 Å². The van der Waals surface area contributed by atoms with Crippen LogP contribution in [0.15, 0.2) is 60.7 Å². The van der Waals surface area contributed by atoms with Gasteiger partial charge in [0.25, 0.3) is 5.91 Å². The van der Waals surface area contributed by atoms with Gasteiger partial charge in [0.2, 0.25) is 0 Å². The molecule has 0 radical (unpaired) electrons. The molecule has 0 fully saturated rings. The summed E-state index contributed by atoms with van der Waals surface area (Å²) in [5, 5.41) is 20.6. The minimum Gasteiger partial charge on any atom is -0.491 e. The quantitative estimate of drug-likeness (QED) is 0.275. The van der Waals surface area contributed by atoms with Crippen LogP contribution in [0, 0.1) is 12.3 Å². The van der Waals surface area contributed by atoms with E-state index in [1.807, 2.05) is 19.1 Å². The van der Waals surface area contributed by atoms with E-state index in [1.165, 1.54) is 11.6 Å². The van der Waals surface area contributed by atoms with E-state index in [0.29, 0.717) is 17.0 Å². The molecule has 0 aliphatic rings. The van der Waals surface area contributed by atoms with Gasteiger partial charge in [0, 0.05) is 22.7 Å².